The normalized spacial score (nSPS) is 19.9. The molecular weight excluding hydrogens is 431 g/mol. The third kappa shape index (κ3) is 3.54. The quantitative estimate of drug-likeness (QED) is 0.521. The van der Waals surface area contributed by atoms with Crippen molar-refractivity contribution in [3.8, 4) is 0 Å². The maximum atomic E-state index is 13.6. The van der Waals surface area contributed by atoms with Gasteiger partial charge < -0.3 is 15.0 Å². The first-order valence-electron chi connectivity index (χ1n) is 8.80. The van der Waals surface area contributed by atoms with E-state index < -0.39 is 36.5 Å². The zero-order valence-electron chi connectivity index (χ0n) is 15.5. The van der Waals surface area contributed by atoms with Crippen molar-refractivity contribution < 1.29 is 31.5 Å². The van der Waals surface area contributed by atoms with E-state index in [2.05, 4.69) is 25.6 Å². The van der Waals surface area contributed by atoms with Gasteiger partial charge in [-0.2, -0.15) is 23.4 Å². The van der Waals surface area contributed by atoms with Gasteiger partial charge in [-0.05, 0) is 6.07 Å². The minimum Gasteiger partial charge on any atom is -0.375 e. The lowest BCUT2D eigenvalue weighted by atomic mass is 10.1. The Labute approximate surface area is 170 Å². The number of aromatic amines is 1. The van der Waals surface area contributed by atoms with Crippen LogP contribution in [0.15, 0.2) is 24.7 Å². The molecule has 0 aromatic carbocycles. The second-order valence-electron chi connectivity index (χ2n) is 6.69. The van der Waals surface area contributed by atoms with Gasteiger partial charge in [0.05, 0.1) is 31.3 Å². The van der Waals surface area contributed by atoms with Crippen LogP contribution in [0.1, 0.15) is 22.5 Å². The molecule has 3 aromatic heterocycles. The Balaban J connectivity index is 1.69. The van der Waals surface area contributed by atoms with Crippen LogP contribution in [-0.4, -0.2) is 62.3 Å². The van der Waals surface area contributed by atoms with E-state index in [0.717, 1.165) is 21.8 Å². The number of nitrogens with zero attached hydrogens (tertiary/aromatic N) is 5. The Morgan fingerprint density at radius 2 is 2.13 bits per heavy atom. The van der Waals surface area contributed by atoms with Gasteiger partial charge in [0.1, 0.15) is 17.1 Å². The highest BCUT2D eigenvalue weighted by Crippen LogP contribution is 2.36. The fraction of sp³-hybridized carbons (Fsp3) is 0.375. The number of nitrogens with two attached hydrogens (primary N) is 1. The van der Waals surface area contributed by atoms with E-state index in [9.17, 15) is 26.7 Å². The Morgan fingerprint density at radius 1 is 1.35 bits per heavy atom. The van der Waals surface area contributed by atoms with E-state index in [4.69, 9.17) is 10.5 Å². The monoisotopic (exact) mass is 446 g/mol. The zero-order chi connectivity index (χ0) is 22.4. The van der Waals surface area contributed by atoms with Crippen LogP contribution in [0.3, 0.4) is 0 Å². The molecule has 3 aromatic rings. The number of nitrogens with one attached hydrogen (secondary N) is 2. The number of halogens is 5. The molecule has 0 radical (unpaired) electrons. The number of fused-ring (bicyclic) bond motifs is 1. The number of carbonyl (C=O) groups is 1. The highest BCUT2D eigenvalue weighted by Gasteiger charge is 2.58. The summed E-state index contributed by atoms with van der Waals surface area (Å²) in [7, 11) is 0. The molecule has 0 bridgehead atoms. The molecule has 1 fully saturated rings. The highest BCUT2D eigenvalue weighted by molar-refractivity contribution is 6.08. The number of hydrogen-bond donors (Lipinski definition) is 3. The third-order valence-corrected chi connectivity index (χ3v) is 4.76. The fourth-order valence-corrected chi connectivity index (χ4v) is 3.14. The molecule has 31 heavy (non-hydrogen) atoms. The maximum Gasteiger partial charge on any atom is 0.427 e. The molecule has 1 aliphatic heterocycles. The lowest BCUT2D eigenvalue weighted by molar-refractivity contribution is -0.208. The molecule has 10 nitrogen and oxygen atoms in total. The number of alkyl halides is 5. The summed E-state index contributed by atoms with van der Waals surface area (Å²) in [6.07, 6.45) is -4.31. The highest BCUT2D eigenvalue weighted by atomic mass is 19.4. The van der Waals surface area contributed by atoms with Crippen LogP contribution in [-0.2, 0) is 4.74 Å². The summed E-state index contributed by atoms with van der Waals surface area (Å²) < 4.78 is 72.8. The molecule has 4 heterocycles. The van der Waals surface area contributed by atoms with Crippen LogP contribution in [0.4, 0.5) is 33.5 Å². The molecule has 4 N–H and O–H groups in total. The van der Waals surface area contributed by atoms with E-state index in [1.54, 1.807) is 0 Å². The summed E-state index contributed by atoms with van der Waals surface area (Å²) in [5.41, 5.74) is 1.72. The Kier molecular flexibility index (Phi) is 5.01. The van der Waals surface area contributed by atoms with Crippen LogP contribution in [0.2, 0.25) is 0 Å². The largest absolute Gasteiger partial charge is 0.427 e. The maximum absolute atomic E-state index is 13.6. The van der Waals surface area contributed by atoms with Crippen molar-refractivity contribution in [1.29, 1.82) is 0 Å². The zero-order valence-corrected chi connectivity index (χ0v) is 15.5. The van der Waals surface area contributed by atoms with Crippen LogP contribution < -0.4 is 16.0 Å². The number of amides is 1. The standard InChI is InChI=1S/C16H15F5N8O2/c17-12(18)11-9(6-23-27-11)25-14(30)8-5-24-29-2-1-10(26-13(8)29)28-3-4-31-7-15(28,22)16(19,20)21/h1-2,5-6,12H,3-4,7,22H2,(H,23,27)(H,25,30)/t15-/m0/s1. The van der Waals surface area contributed by atoms with Crippen molar-refractivity contribution in [2.24, 2.45) is 5.73 Å². The smallest absolute Gasteiger partial charge is 0.375 e. The van der Waals surface area contributed by atoms with Gasteiger partial charge in [0.15, 0.2) is 5.65 Å². The molecule has 0 saturated carbocycles. The number of ether oxygens (including phenoxy) is 1. The number of rotatable bonds is 4. The molecule has 1 atom stereocenters. The molecule has 15 heteroatoms. The third-order valence-electron chi connectivity index (χ3n) is 4.76. The first kappa shape index (κ1) is 20.9. The molecule has 1 amide bonds. The number of carbonyl (C=O) groups excluding carboxylic acids is 1. The molecule has 1 saturated heterocycles. The van der Waals surface area contributed by atoms with E-state index in [1.165, 1.54) is 12.3 Å². The fourth-order valence-electron chi connectivity index (χ4n) is 3.14. The average molecular weight is 446 g/mol. The predicted octanol–water partition coefficient (Wildman–Crippen LogP) is 1.70. The minimum absolute atomic E-state index is 0.00854. The Morgan fingerprint density at radius 3 is 2.84 bits per heavy atom. The van der Waals surface area contributed by atoms with Crippen molar-refractivity contribution in [3.63, 3.8) is 0 Å². The molecule has 4 rings (SSSR count). The van der Waals surface area contributed by atoms with E-state index >= 15 is 0 Å². The average Bonchev–Trinajstić information content (AvgIpc) is 3.33. The van der Waals surface area contributed by atoms with E-state index in [1.807, 2.05) is 0 Å². The topological polar surface area (TPSA) is 126 Å². The van der Waals surface area contributed by atoms with Gasteiger partial charge in [-0.3, -0.25) is 15.6 Å². The number of hydrogen-bond acceptors (Lipinski definition) is 7. The van der Waals surface area contributed by atoms with Gasteiger partial charge in [-0.1, -0.05) is 0 Å². The predicted molar refractivity (Wildman–Crippen MR) is 95.6 cm³/mol. The first-order chi connectivity index (χ1) is 14.6. The van der Waals surface area contributed by atoms with Crippen molar-refractivity contribution in [3.05, 3.63) is 35.9 Å². The molecular formula is C16H15F5N8O2. The van der Waals surface area contributed by atoms with Crippen LogP contribution in [0.25, 0.3) is 5.65 Å². The lowest BCUT2D eigenvalue weighted by Crippen LogP contribution is -2.71. The molecule has 0 aliphatic carbocycles. The van der Waals surface area contributed by atoms with Gasteiger partial charge in [0.2, 0.25) is 5.66 Å². The molecule has 1 aliphatic rings. The SMILES string of the molecule is N[C@@]1(C(F)(F)F)COCCN1c1ccn2ncc(C(=O)Nc3cn[nH]c3C(F)F)c2n1. The summed E-state index contributed by atoms with van der Waals surface area (Å²) in [4.78, 5) is 17.6. The van der Waals surface area contributed by atoms with Gasteiger partial charge in [-0.15, -0.1) is 0 Å². The van der Waals surface area contributed by atoms with Crippen LogP contribution in [0, 0.1) is 0 Å². The van der Waals surface area contributed by atoms with Gasteiger partial charge in [0, 0.05) is 12.7 Å². The number of anilines is 2. The number of morpholine rings is 1. The van der Waals surface area contributed by atoms with Crippen molar-refractivity contribution in [2.45, 2.75) is 18.3 Å². The van der Waals surface area contributed by atoms with Crippen LogP contribution >= 0.6 is 0 Å². The summed E-state index contributed by atoms with van der Waals surface area (Å²) in [6.45, 7) is -1.00. The van der Waals surface area contributed by atoms with Crippen molar-refractivity contribution >= 4 is 23.1 Å². The summed E-state index contributed by atoms with van der Waals surface area (Å²) in [5.74, 6) is -0.999. The summed E-state index contributed by atoms with van der Waals surface area (Å²) >= 11 is 0. The lowest BCUT2D eigenvalue weighted by Gasteiger charge is -2.45. The molecule has 166 valence electrons. The van der Waals surface area contributed by atoms with E-state index in [0.29, 0.717) is 0 Å². The Hall–Kier alpha value is -3.33. The van der Waals surface area contributed by atoms with Crippen molar-refractivity contribution in [2.75, 3.05) is 30.0 Å². The van der Waals surface area contributed by atoms with Gasteiger partial charge >= 0.3 is 6.18 Å². The number of H-pyrrole nitrogens is 1. The van der Waals surface area contributed by atoms with Crippen LogP contribution in [0.5, 0.6) is 0 Å². The summed E-state index contributed by atoms with van der Waals surface area (Å²) in [6, 6.07) is 1.27. The minimum atomic E-state index is -4.82. The second kappa shape index (κ2) is 7.42. The van der Waals surface area contributed by atoms with Gasteiger partial charge in [-0.25, -0.2) is 18.3 Å². The molecule has 0 unspecified atom stereocenters. The molecule has 0 spiro atoms. The second-order valence-corrected chi connectivity index (χ2v) is 6.69. The number of aromatic nitrogens is 5. The summed E-state index contributed by atoms with van der Waals surface area (Å²) in [5, 5.41) is 11.7. The van der Waals surface area contributed by atoms with Crippen molar-refractivity contribution in [1.82, 2.24) is 24.8 Å². The van der Waals surface area contributed by atoms with Gasteiger partial charge in [0.25, 0.3) is 12.3 Å². The Bertz CT molecular complexity index is 1110. The first-order valence-corrected chi connectivity index (χ1v) is 8.80. The van der Waals surface area contributed by atoms with E-state index in [-0.39, 0.29) is 35.9 Å².